The van der Waals surface area contributed by atoms with Gasteiger partial charge in [-0.2, -0.15) is 0 Å². The molecule has 0 aromatic carbocycles. The molecule has 1 aromatic heterocycles. The second kappa shape index (κ2) is 2.58. The Kier molecular flexibility index (Phi) is 1.58. The van der Waals surface area contributed by atoms with Gasteiger partial charge in [0.15, 0.2) is 0 Å². The third kappa shape index (κ3) is 1.12. The number of nitrogens with zero attached hydrogens (tertiary/aromatic N) is 2. The molecule has 0 fully saturated rings. The van der Waals surface area contributed by atoms with Crippen LogP contribution < -0.4 is 5.73 Å². The van der Waals surface area contributed by atoms with Crippen LogP contribution in [0.2, 0.25) is 0 Å². The summed E-state index contributed by atoms with van der Waals surface area (Å²) in [7, 11) is 0. The van der Waals surface area contributed by atoms with E-state index in [-0.39, 0.29) is 6.04 Å². The third-order valence-corrected chi connectivity index (χ3v) is 2.14. The lowest BCUT2D eigenvalue weighted by Gasteiger charge is -2.19. The van der Waals surface area contributed by atoms with Crippen molar-refractivity contribution in [3.05, 3.63) is 23.8 Å². The molecule has 3 heteroatoms. The average molecular weight is 149 g/mol. The van der Waals surface area contributed by atoms with Gasteiger partial charge in [-0.15, -0.1) is 0 Å². The van der Waals surface area contributed by atoms with Gasteiger partial charge in [-0.25, -0.2) is 9.97 Å². The lowest BCUT2D eigenvalue weighted by atomic mass is 9.94. The van der Waals surface area contributed by atoms with E-state index in [4.69, 9.17) is 5.73 Å². The number of aryl methyl sites for hydroxylation is 1. The molecule has 2 rings (SSSR count). The molecule has 1 heterocycles. The molecule has 0 bridgehead atoms. The Morgan fingerprint density at radius 3 is 3.27 bits per heavy atom. The number of fused-ring (bicyclic) bond motifs is 1. The summed E-state index contributed by atoms with van der Waals surface area (Å²) in [6.45, 7) is 0. The second-order valence-electron chi connectivity index (χ2n) is 2.93. The standard InChI is InChI=1S/C8H11N3/c9-7-3-1-2-6-4-10-5-11-8(6)7/h4-5,7H,1-3,9H2. The van der Waals surface area contributed by atoms with Gasteiger partial charge in [-0.3, -0.25) is 0 Å². The van der Waals surface area contributed by atoms with Crippen LogP contribution in [0.3, 0.4) is 0 Å². The fraction of sp³-hybridized carbons (Fsp3) is 0.500. The number of rotatable bonds is 0. The summed E-state index contributed by atoms with van der Waals surface area (Å²) < 4.78 is 0. The minimum Gasteiger partial charge on any atom is -0.323 e. The molecular weight excluding hydrogens is 138 g/mol. The molecule has 58 valence electrons. The molecule has 0 amide bonds. The summed E-state index contributed by atoms with van der Waals surface area (Å²) in [5, 5.41) is 0. The van der Waals surface area contributed by atoms with E-state index >= 15 is 0 Å². The van der Waals surface area contributed by atoms with E-state index in [2.05, 4.69) is 9.97 Å². The first-order valence-corrected chi connectivity index (χ1v) is 3.92. The van der Waals surface area contributed by atoms with Gasteiger partial charge >= 0.3 is 0 Å². The molecule has 2 N–H and O–H groups in total. The summed E-state index contributed by atoms with van der Waals surface area (Å²) in [6, 6.07) is 0.141. The summed E-state index contributed by atoms with van der Waals surface area (Å²) in [5.74, 6) is 0. The lowest BCUT2D eigenvalue weighted by molar-refractivity contribution is 0.551. The fourth-order valence-corrected chi connectivity index (χ4v) is 1.54. The van der Waals surface area contributed by atoms with Crippen LogP contribution in [0.25, 0.3) is 0 Å². The number of aromatic nitrogens is 2. The van der Waals surface area contributed by atoms with Crippen molar-refractivity contribution in [3.8, 4) is 0 Å². The van der Waals surface area contributed by atoms with E-state index < -0.39 is 0 Å². The number of nitrogens with two attached hydrogens (primary N) is 1. The van der Waals surface area contributed by atoms with Crippen molar-refractivity contribution in [2.75, 3.05) is 0 Å². The quantitative estimate of drug-likeness (QED) is 0.594. The van der Waals surface area contributed by atoms with Crippen molar-refractivity contribution < 1.29 is 0 Å². The molecular formula is C8H11N3. The Morgan fingerprint density at radius 1 is 1.55 bits per heavy atom. The van der Waals surface area contributed by atoms with Crippen molar-refractivity contribution in [3.63, 3.8) is 0 Å². The molecule has 1 unspecified atom stereocenters. The summed E-state index contributed by atoms with van der Waals surface area (Å²) in [4.78, 5) is 8.13. The Hall–Kier alpha value is -0.960. The maximum atomic E-state index is 5.86. The van der Waals surface area contributed by atoms with Gasteiger partial charge in [-0.1, -0.05) is 0 Å². The first-order chi connectivity index (χ1) is 5.38. The molecule has 1 aromatic rings. The van der Waals surface area contributed by atoms with E-state index in [9.17, 15) is 0 Å². The highest BCUT2D eigenvalue weighted by Crippen LogP contribution is 2.24. The number of hydrogen-bond acceptors (Lipinski definition) is 3. The van der Waals surface area contributed by atoms with Crippen molar-refractivity contribution >= 4 is 0 Å². The number of hydrogen-bond donors (Lipinski definition) is 1. The molecule has 11 heavy (non-hydrogen) atoms. The molecule has 1 atom stereocenters. The van der Waals surface area contributed by atoms with E-state index in [0.717, 1.165) is 18.5 Å². The van der Waals surface area contributed by atoms with Crippen molar-refractivity contribution in [1.82, 2.24) is 9.97 Å². The van der Waals surface area contributed by atoms with Crippen molar-refractivity contribution in [2.24, 2.45) is 5.73 Å². The average Bonchev–Trinajstić information content (AvgIpc) is 2.06. The first-order valence-electron chi connectivity index (χ1n) is 3.92. The molecule has 1 aliphatic carbocycles. The molecule has 1 aliphatic rings. The van der Waals surface area contributed by atoms with Gasteiger partial charge in [0, 0.05) is 12.2 Å². The van der Waals surface area contributed by atoms with Gasteiger partial charge in [0.1, 0.15) is 6.33 Å². The largest absolute Gasteiger partial charge is 0.323 e. The monoisotopic (exact) mass is 149 g/mol. The van der Waals surface area contributed by atoms with Crippen LogP contribution in [-0.2, 0) is 6.42 Å². The van der Waals surface area contributed by atoms with Crippen LogP contribution in [0.4, 0.5) is 0 Å². The third-order valence-electron chi connectivity index (χ3n) is 2.14. The predicted molar refractivity (Wildman–Crippen MR) is 41.9 cm³/mol. The molecule has 0 saturated heterocycles. The normalized spacial score (nSPS) is 22.8. The molecule has 0 aliphatic heterocycles. The van der Waals surface area contributed by atoms with Gasteiger partial charge in [0.05, 0.1) is 5.69 Å². The summed E-state index contributed by atoms with van der Waals surface area (Å²) in [5.41, 5.74) is 8.13. The van der Waals surface area contributed by atoms with Gasteiger partial charge < -0.3 is 5.73 Å². The lowest BCUT2D eigenvalue weighted by Crippen LogP contribution is -2.19. The highest BCUT2D eigenvalue weighted by molar-refractivity contribution is 5.21. The van der Waals surface area contributed by atoms with Crippen LogP contribution in [0.5, 0.6) is 0 Å². The first kappa shape index (κ1) is 6.73. The van der Waals surface area contributed by atoms with E-state index in [1.165, 1.54) is 12.0 Å². The maximum Gasteiger partial charge on any atom is 0.115 e. The summed E-state index contributed by atoms with van der Waals surface area (Å²) >= 11 is 0. The zero-order valence-electron chi connectivity index (χ0n) is 6.33. The van der Waals surface area contributed by atoms with E-state index in [0.29, 0.717) is 0 Å². The topological polar surface area (TPSA) is 51.8 Å². The van der Waals surface area contributed by atoms with Crippen LogP contribution in [-0.4, -0.2) is 9.97 Å². The van der Waals surface area contributed by atoms with Gasteiger partial charge in [0.25, 0.3) is 0 Å². The van der Waals surface area contributed by atoms with Crippen LogP contribution in [0.15, 0.2) is 12.5 Å². The minimum absolute atomic E-state index is 0.141. The minimum atomic E-state index is 0.141. The predicted octanol–water partition coefficient (Wildman–Crippen LogP) is 0.813. The van der Waals surface area contributed by atoms with E-state index in [1.54, 1.807) is 6.33 Å². The zero-order valence-corrected chi connectivity index (χ0v) is 6.33. The SMILES string of the molecule is NC1CCCc2cncnc21. The molecule has 0 saturated carbocycles. The van der Waals surface area contributed by atoms with E-state index in [1.807, 2.05) is 6.20 Å². The Balaban J connectivity index is 2.44. The Bertz CT molecular complexity index is 259. The summed E-state index contributed by atoms with van der Waals surface area (Å²) in [6.07, 6.45) is 6.76. The smallest absolute Gasteiger partial charge is 0.115 e. The zero-order chi connectivity index (χ0) is 7.68. The molecule has 0 spiro atoms. The van der Waals surface area contributed by atoms with Crippen LogP contribution in [0.1, 0.15) is 30.1 Å². The van der Waals surface area contributed by atoms with Gasteiger partial charge in [-0.05, 0) is 24.8 Å². The van der Waals surface area contributed by atoms with Crippen LogP contribution in [0, 0.1) is 0 Å². The highest BCUT2D eigenvalue weighted by Gasteiger charge is 2.17. The Labute approximate surface area is 65.7 Å². The van der Waals surface area contributed by atoms with Crippen molar-refractivity contribution in [2.45, 2.75) is 25.3 Å². The van der Waals surface area contributed by atoms with Crippen LogP contribution >= 0.6 is 0 Å². The Morgan fingerprint density at radius 2 is 2.45 bits per heavy atom. The second-order valence-corrected chi connectivity index (χ2v) is 2.93. The highest BCUT2D eigenvalue weighted by atomic mass is 14.9. The molecule has 3 nitrogen and oxygen atoms in total. The maximum absolute atomic E-state index is 5.86. The van der Waals surface area contributed by atoms with Crippen molar-refractivity contribution in [1.29, 1.82) is 0 Å². The fourth-order valence-electron chi connectivity index (χ4n) is 1.54. The van der Waals surface area contributed by atoms with Gasteiger partial charge in [0.2, 0.25) is 0 Å². The molecule has 0 radical (unpaired) electrons.